The van der Waals surface area contributed by atoms with E-state index in [4.69, 9.17) is 9.47 Å². The molecule has 2 rings (SSSR count). The Kier molecular flexibility index (Phi) is 6.57. The zero-order valence-electron chi connectivity index (χ0n) is 14.8. The van der Waals surface area contributed by atoms with Crippen molar-refractivity contribution < 1.29 is 19.1 Å². The topological polar surface area (TPSA) is 64.6 Å². The highest BCUT2D eigenvalue weighted by Gasteiger charge is 2.08. The zero-order valence-corrected chi connectivity index (χ0v) is 14.8. The Morgan fingerprint density at radius 1 is 1.08 bits per heavy atom. The van der Waals surface area contributed by atoms with Gasteiger partial charge in [0.1, 0.15) is 0 Å². The van der Waals surface area contributed by atoms with Gasteiger partial charge >= 0.3 is 0 Å². The van der Waals surface area contributed by atoms with Crippen LogP contribution in [-0.4, -0.2) is 25.4 Å². The minimum Gasteiger partial charge on any atom is -0.493 e. The monoisotopic (exact) mass is 341 g/mol. The minimum absolute atomic E-state index is 0.0300. The van der Waals surface area contributed by atoms with Gasteiger partial charge in [-0.25, -0.2) is 0 Å². The number of rotatable bonds is 8. The van der Waals surface area contributed by atoms with Gasteiger partial charge in [-0.15, -0.1) is 0 Å². The normalized spacial score (nSPS) is 10.2. The van der Waals surface area contributed by atoms with Gasteiger partial charge in [-0.3, -0.25) is 9.59 Å². The third kappa shape index (κ3) is 5.35. The standard InChI is InChI=1S/C20H23NO4/c1-4-25-18-10-8-15(12-19(18)24-3)9-11-20(23)21-17-7-5-6-16(13-17)14(2)22/h5-8,10,12-13H,4,9,11H2,1-3H3,(H,21,23). The molecule has 0 aromatic heterocycles. The second-order valence-electron chi connectivity index (χ2n) is 5.60. The third-order valence-electron chi connectivity index (χ3n) is 3.72. The average molecular weight is 341 g/mol. The molecule has 0 fully saturated rings. The number of ketones is 1. The minimum atomic E-state index is -0.103. The summed E-state index contributed by atoms with van der Waals surface area (Å²) in [5, 5.41) is 2.82. The highest BCUT2D eigenvalue weighted by atomic mass is 16.5. The van der Waals surface area contributed by atoms with Crippen LogP contribution in [0.3, 0.4) is 0 Å². The predicted molar refractivity (Wildman–Crippen MR) is 97.6 cm³/mol. The number of methoxy groups -OCH3 is 1. The average Bonchev–Trinajstić information content (AvgIpc) is 2.61. The Hall–Kier alpha value is -2.82. The first-order valence-electron chi connectivity index (χ1n) is 8.24. The molecule has 2 aromatic rings. The van der Waals surface area contributed by atoms with Gasteiger partial charge in [-0.1, -0.05) is 18.2 Å². The summed E-state index contributed by atoms with van der Waals surface area (Å²) < 4.78 is 10.8. The van der Waals surface area contributed by atoms with Crippen LogP contribution < -0.4 is 14.8 Å². The van der Waals surface area contributed by atoms with Crippen LogP contribution in [0.1, 0.15) is 36.2 Å². The number of ether oxygens (including phenoxy) is 2. The molecule has 0 heterocycles. The van der Waals surface area contributed by atoms with E-state index in [-0.39, 0.29) is 11.7 Å². The molecule has 1 amide bonds. The number of aryl methyl sites for hydroxylation is 1. The highest BCUT2D eigenvalue weighted by molar-refractivity contribution is 5.97. The molecular weight excluding hydrogens is 318 g/mol. The number of amides is 1. The van der Waals surface area contributed by atoms with E-state index in [1.165, 1.54) is 6.92 Å². The molecule has 2 aromatic carbocycles. The quantitative estimate of drug-likeness (QED) is 0.740. The predicted octanol–water partition coefficient (Wildman–Crippen LogP) is 3.87. The molecule has 0 unspecified atom stereocenters. The fourth-order valence-electron chi connectivity index (χ4n) is 2.44. The number of hydrogen-bond donors (Lipinski definition) is 1. The molecule has 0 saturated carbocycles. The molecule has 0 radical (unpaired) electrons. The first kappa shape index (κ1) is 18.5. The number of anilines is 1. The van der Waals surface area contributed by atoms with E-state index >= 15 is 0 Å². The number of carbonyl (C=O) groups is 2. The maximum absolute atomic E-state index is 12.1. The lowest BCUT2D eigenvalue weighted by molar-refractivity contribution is -0.116. The Morgan fingerprint density at radius 3 is 2.56 bits per heavy atom. The summed E-state index contributed by atoms with van der Waals surface area (Å²) in [5.41, 5.74) is 2.20. The number of hydrogen-bond acceptors (Lipinski definition) is 4. The summed E-state index contributed by atoms with van der Waals surface area (Å²) in [4.78, 5) is 23.5. The van der Waals surface area contributed by atoms with Gasteiger partial charge in [0.25, 0.3) is 0 Å². The summed E-state index contributed by atoms with van der Waals surface area (Å²) >= 11 is 0. The molecule has 0 bridgehead atoms. The van der Waals surface area contributed by atoms with Crippen molar-refractivity contribution in [2.75, 3.05) is 19.0 Å². The molecule has 0 atom stereocenters. The lowest BCUT2D eigenvalue weighted by atomic mass is 10.1. The Labute approximate surface area is 148 Å². The van der Waals surface area contributed by atoms with Crippen LogP contribution in [0.2, 0.25) is 0 Å². The lowest BCUT2D eigenvalue weighted by Crippen LogP contribution is -2.12. The molecule has 1 N–H and O–H groups in total. The Bertz CT molecular complexity index is 755. The Balaban J connectivity index is 1.95. The van der Waals surface area contributed by atoms with Crippen molar-refractivity contribution >= 4 is 17.4 Å². The SMILES string of the molecule is CCOc1ccc(CCC(=O)Nc2cccc(C(C)=O)c2)cc1OC. The summed E-state index contributed by atoms with van der Waals surface area (Å²) in [6.45, 7) is 3.98. The van der Waals surface area contributed by atoms with Crippen LogP contribution >= 0.6 is 0 Å². The van der Waals surface area contributed by atoms with Gasteiger partial charge in [0, 0.05) is 17.7 Å². The molecular formula is C20H23NO4. The molecule has 0 spiro atoms. The Morgan fingerprint density at radius 2 is 1.88 bits per heavy atom. The largest absolute Gasteiger partial charge is 0.493 e. The van der Waals surface area contributed by atoms with Crippen LogP contribution in [-0.2, 0) is 11.2 Å². The first-order chi connectivity index (χ1) is 12.0. The van der Waals surface area contributed by atoms with Gasteiger partial charge in [0.05, 0.1) is 13.7 Å². The first-order valence-corrected chi connectivity index (χ1v) is 8.24. The fraction of sp³-hybridized carbons (Fsp3) is 0.300. The maximum atomic E-state index is 12.1. The van der Waals surface area contributed by atoms with E-state index in [1.807, 2.05) is 25.1 Å². The number of carbonyl (C=O) groups excluding carboxylic acids is 2. The summed E-state index contributed by atoms with van der Waals surface area (Å²) in [6, 6.07) is 12.6. The summed E-state index contributed by atoms with van der Waals surface area (Å²) in [6.07, 6.45) is 0.919. The second-order valence-corrected chi connectivity index (χ2v) is 5.60. The van der Waals surface area contributed by atoms with E-state index in [1.54, 1.807) is 31.4 Å². The van der Waals surface area contributed by atoms with Gasteiger partial charge in [0.2, 0.25) is 5.91 Å². The number of Topliss-reactive ketones (excluding diaryl/α,β-unsaturated/α-hetero) is 1. The van der Waals surface area contributed by atoms with Crippen LogP contribution in [0.5, 0.6) is 11.5 Å². The molecule has 25 heavy (non-hydrogen) atoms. The van der Waals surface area contributed by atoms with Crippen molar-refractivity contribution in [2.24, 2.45) is 0 Å². The lowest BCUT2D eigenvalue weighted by Gasteiger charge is -2.11. The van der Waals surface area contributed by atoms with Crippen LogP contribution in [0.25, 0.3) is 0 Å². The van der Waals surface area contributed by atoms with Crippen molar-refractivity contribution in [2.45, 2.75) is 26.7 Å². The van der Waals surface area contributed by atoms with Crippen molar-refractivity contribution in [1.82, 2.24) is 0 Å². The van der Waals surface area contributed by atoms with E-state index in [0.717, 1.165) is 5.56 Å². The van der Waals surface area contributed by atoms with Gasteiger partial charge < -0.3 is 14.8 Å². The van der Waals surface area contributed by atoms with E-state index < -0.39 is 0 Å². The van der Waals surface area contributed by atoms with Gasteiger partial charge in [0.15, 0.2) is 17.3 Å². The third-order valence-corrected chi connectivity index (χ3v) is 3.72. The number of benzene rings is 2. The van der Waals surface area contributed by atoms with Crippen molar-refractivity contribution in [3.63, 3.8) is 0 Å². The molecule has 0 aliphatic rings. The fourth-order valence-corrected chi connectivity index (χ4v) is 2.44. The van der Waals surface area contributed by atoms with Crippen molar-refractivity contribution in [3.8, 4) is 11.5 Å². The van der Waals surface area contributed by atoms with E-state index in [9.17, 15) is 9.59 Å². The van der Waals surface area contributed by atoms with E-state index in [2.05, 4.69) is 5.32 Å². The summed E-state index contributed by atoms with van der Waals surface area (Å²) in [5.74, 6) is 1.22. The highest BCUT2D eigenvalue weighted by Crippen LogP contribution is 2.28. The number of nitrogens with one attached hydrogen (secondary N) is 1. The van der Waals surface area contributed by atoms with Crippen LogP contribution in [0, 0.1) is 0 Å². The second kappa shape index (κ2) is 8.87. The molecule has 0 aliphatic carbocycles. The smallest absolute Gasteiger partial charge is 0.224 e. The van der Waals surface area contributed by atoms with Crippen LogP contribution in [0.15, 0.2) is 42.5 Å². The van der Waals surface area contributed by atoms with Crippen LogP contribution in [0.4, 0.5) is 5.69 Å². The van der Waals surface area contributed by atoms with Gasteiger partial charge in [-0.2, -0.15) is 0 Å². The van der Waals surface area contributed by atoms with Crippen molar-refractivity contribution in [3.05, 3.63) is 53.6 Å². The molecule has 0 aliphatic heterocycles. The maximum Gasteiger partial charge on any atom is 0.224 e. The molecule has 132 valence electrons. The zero-order chi connectivity index (χ0) is 18.2. The molecule has 5 nitrogen and oxygen atoms in total. The molecule has 0 saturated heterocycles. The van der Waals surface area contributed by atoms with Crippen molar-refractivity contribution in [1.29, 1.82) is 0 Å². The van der Waals surface area contributed by atoms with Gasteiger partial charge in [-0.05, 0) is 50.1 Å². The summed E-state index contributed by atoms with van der Waals surface area (Å²) in [7, 11) is 1.59. The van der Waals surface area contributed by atoms with E-state index in [0.29, 0.717) is 42.2 Å². The molecule has 5 heteroatoms.